The van der Waals surface area contributed by atoms with Crippen molar-refractivity contribution in [3.8, 4) is 12.1 Å². The lowest BCUT2D eigenvalue weighted by Crippen LogP contribution is -2.18. The van der Waals surface area contributed by atoms with Gasteiger partial charge in [-0.25, -0.2) is 0 Å². The molecule has 6 aromatic rings. The van der Waals surface area contributed by atoms with Crippen molar-refractivity contribution < 1.29 is 0 Å². The van der Waals surface area contributed by atoms with E-state index < -0.39 is 0 Å². The minimum atomic E-state index is 0.301. The van der Waals surface area contributed by atoms with Crippen LogP contribution in [0, 0.1) is 36.5 Å². The summed E-state index contributed by atoms with van der Waals surface area (Å²) in [5, 5.41) is 37.7. The van der Waals surface area contributed by atoms with E-state index >= 15 is 0 Å². The number of halogens is 2. The molecule has 0 saturated carbocycles. The summed E-state index contributed by atoms with van der Waals surface area (Å²) < 4.78 is 1.73. The Morgan fingerprint density at radius 3 is 1.17 bits per heavy atom. The zero-order valence-electron chi connectivity index (χ0n) is 27.8. The van der Waals surface area contributed by atoms with Gasteiger partial charge in [0.25, 0.3) is 0 Å². The first-order valence-corrected chi connectivity index (χ1v) is 17.4. The van der Waals surface area contributed by atoms with Crippen LogP contribution in [0.2, 0.25) is 0 Å². The van der Waals surface area contributed by atoms with Gasteiger partial charge in [-0.15, -0.1) is 0 Å². The molecule has 0 bridgehead atoms. The van der Waals surface area contributed by atoms with Crippen LogP contribution in [0.4, 0.5) is 58.4 Å². The Morgan fingerprint density at radius 1 is 0.481 bits per heavy atom. The molecule has 258 valence electrons. The molecule has 0 aliphatic carbocycles. The van der Waals surface area contributed by atoms with Gasteiger partial charge in [-0.1, -0.05) is 12.1 Å². The van der Waals surface area contributed by atoms with Gasteiger partial charge < -0.3 is 31.9 Å². The Hall–Kier alpha value is -6.36. The molecule has 0 atom stereocenters. The van der Waals surface area contributed by atoms with E-state index in [0.717, 1.165) is 31.4 Å². The van der Waals surface area contributed by atoms with Crippen LogP contribution < -0.4 is 31.9 Å². The first-order chi connectivity index (χ1) is 25.2. The molecule has 0 aliphatic heterocycles. The van der Waals surface area contributed by atoms with Crippen molar-refractivity contribution in [3.63, 3.8) is 0 Å². The molecular formula is C36H30Br2N14. The van der Waals surface area contributed by atoms with Crippen molar-refractivity contribution >= 4 is 90.3 Å². The summed E-state index contributed by atoms with van der Waals surface area (Å²) in [6, 6.07) is 30.1. The second-order valence-corrected chi connectivity index (χ2v) is 13.0. The van der Waals surface area contributed by atoms with Gasteiger partial charge in [0, 0.05) is 33.4 Å². The quantitative estimate of drug-likeness (QED) is 0.0607. The predicted molar refractivity (Wildman–Crippen MR) is 210 cm³/mol. The number of rotatable bonds is 13. The van der Waals surface area contributed by atoms with Crippen LogP contribution in [-0.2, 0) is 0 Å². The Kier molecular flexibility index (Phi) is 11.3. The van der Waals surface area contributed by atoms with Crippen molar-refractivity contribution in [2.45, 2.75) is 13.8 Å². The fourth-order valence-electron chi connectivity index (χ4n) is 4.68. The molecule has 14 nitrogen and oxygen atoms in total. The van der Waals surface area contributed by atoms with Crippen molar-refractivity contribution in [2.75, 3.05) is 45.0 Å². The SMILES string of the molecule is Cc1ccc(Nc2nc(NCCNc3nc(Nc4ccc(C#N)cc4)nc(Nc4ccc(C)cc4Br)n3)nc(Nc3ccc(C#N)cc3)n2)c(Br)c1. The zero-order valence-corrected chi connectivity index (χ0v) is 31.0. The molecule has 6 N–H and O–H groups in total. The normalized spacial score (nSPS) is 10.4. The van der Waals surface area contributed by atoms with Gasteiger partial charge >= 0.3 is 0 Å². The lowest BCUT2D eigenvalue weighted by atomic mass is 10.2. The van der Waals surface area contributed by atoms with Gasteiger partial charge in [-0.05, 0) is 130 Å². The first-order valence-electron chi connectivity index (χ1n) is 15.8. The van der Waals surface area contributed by atoms with Gasteiger partial charge in [0.2, 0.25) is 35.7 Å². The van der Waals surface area contributed by atoms with Crippen LogP contribution in [0.5, 0.6) is 0 Å². The number of nitriles is 2. The van der Waals surface area contributed by atoms with E-state index in [9.17, 15) is 10.5 Å². The standard InChI is InChI=1S/C36H30Br2N14/c1-21-3-13-29(27(37)17-21)45-35-49-31(47-33(51-35)43-25-9-5-23(19-39)6-10-25)41-15-16-42-32-48-34(44-26-11-7-24(20-40)8-12-26)52-36(50-32)46-30-14-4-22(2)18-28(30)38/h3-14,17-18H,15-16H2,1-2H3,(H3,41,43,45,47,49,51)(H3,42,44,46,48,50,52). The van der Waals surface area contributed by atoms with Gasteiger partial charge in [-0.3, -0.25) is 0 Å². The fourth-order valence-corrected chi connectivity index (χ4v) is 5.87. The van der Waals surface area contributed by atoms with Crippen molar-refractivity contribution in [1.29, 1.82) is 10.5 Å². The summed E-state index contributed by atoms with van der Waals surface area (Å²) in [5.41, 5.74) is 6.30. The van der Waals surface area contributed by atoms with Crippen molar-refractivity contribution in [2.24, 2.45) is 0 Å². The number of nitrogens with one attached hydrogen (secondary N) is 6. The Morgan fingerprint density at radius 2 is 0.827 bits per heavy atom. The number of anilines is 10. The van der Waals surface area contributed by atoms with Crippen LogP contribution in [0.15, 0.2) is 93.9 Å². The number of hydrogen-bond donors (Lipinski definition) is 6. The van der Waals surface area contributed by atoms with E-state index in [1.165, 1.54) is 0 Å². The van der Waals surface area contributed by atoms with Crippen LogP contribution in [0.1, 0.15) is 22.3 Å². The molecule has 0 radical (unpaired) electrons. The van der Waals surface area contributed by atoms with Crippen LogP contribution >= 0.6 is 31.9 Å². The molecule has 0 fully saturated rings. The largest absolute Gasteiger partial charge is 0.352 e. The smallest absolute Gasteiger partial charge is 0.233 e. The molecule has 2 heterocycles. The van der Waals surface area contributed by atoms with Crippen LogP contribution in [-0.4, -0.2) is 43.0 Å². The summed E-state index contributed by atoms with van der Waals surface area (Å²) in [4.78, 5) is 27.5. The van der Waals surface area contributed by atoms with Gasteiger partial charge in [0.05, 0.1) is 34.6 Å². The van der Waals surface area contributed by atoms with E-state index in [0.29, 0.717) is 71.3 Å². The van der Waals surface area contributed by atoms with E-state index in [4.69, 9.17) is 0 Å². The predicted octanol–water partition coefficient (Wildman–Crippen LogP) is 8.44. The minimum absolute atomic E-state index is 0.301. The Balaban J connectivity index is 1.19. The summed E-state index contributed by atoms with van der Waals surface area (Å²) in [7, 11) is 0. The highest BCUT2D eigenvalue weighted by Gasteiger charge is 2.12. The van der Waals surface area contributed by atoms with E-state index in [1.807, 2.05) is 50.2 Å². The fraction of sp³-hybridized carbons (Fsp3) is 0.111. The van der Waals surface area contributed by atoms with E-state index in [2.05, 4.69) is 106 Å². The summed E-state index contributed by atoms with van der Waals surface area (Å²) in [5.74, 6) is 1.89. The molecule has 2 aromatic heterocycles. The molecule has 16 heteroatoms. The monoisotopic (exact) mass is 816 g/mol. The lowest BCUT2D eigenvalue weighted by molar-refractivity contribution is 0.971. The molecular weight excluding hydrogens is 788 g/mol. The highest BCUT2D eigenvalue weighted by atomic mass is 79.9. The molecule has 0 spiro atoms. The molecule has 0 aliphatic rings. The lowest BCUT2D eigenvalue weighted by Gasteiger charge is -2.14. The third kappa shape index (κ3) is 9.66. The van der Waals surface area contributed by atoms with E-state index in [-0.39, 0.29) is 0 Å². The third-order valence-corrected chi connectivity index (χ3v) is 8.56. The van der Waals surface area contributed by atoms with Gasteiger partial charge in [-0.2, -0.15) is 40.4 Å². The van der Waals surface area contributed by atoms with E-state index in [1.54, 1.807) is 48.5 Å². The zero-order chi connectivity index (χ0) is 36.5. The number of benzene rings is 4. The summed E-state index contributed by atoms with van der Waals surface area (Å²) in [6.07, 6.45) is 0. The summed E-state index contributed by atoms with van der Waals surface area (Å²) >= 11 is 7.21. The maximum absolute atomic E-state index is 9.17. The average molecular weight is 819 g/mol. The Bertz CT molecular complexity index is 2120. The Labute approximate surface area is 316 Å². The highest BCUT2D eigenvalue weighted by molar-refractivity contribution is 9.11. The third-order valence-electron chi connectivity index (χ3n) is 7.24. The van der Waals surface area contributed by atoms with Crippen molar-refractivity contribution in [1.82, 2.24) is 29.9 Å². The number of hydrogen-bond acceptors (Lipinski definition) is 14. The van der Waals surface area contributed by atoms with Gasteiger partial charge in [0.15, 0.2) is 0 Å². The maximum Gasteiger partial charge on any atom is 0.233 e. The maximum atomic E-state index is 9.17. The molecule has 0 saturated heterocycles. The number of aromatic nitrogens is 6. The minimum Gasteiger partial charge on any atom is -0.352 e. The number of nitrogens with zero attached hydrogens (tertiary/aromatic N) is 8. The molecule has 4 aromatic carbocycles. The molecule has 0 amide bonds. The van der Waals surface area contributed by atoms with Gasteiger partial charge in [0.1, 0.15) is 0 Å². The van der Waals surface area contributed by atoms with Crippen molar-refractivity contribution in [3.05, 3.63) is 116 Å². The second kappa shape index (κ2) is 16.6. The highest BCUT2D eigenvalue weighted by Crippen LogP contribution is 2.28. The first kappa shape index (κ1) is 35.5. The molecule has 6 rings (SSSR count). The molecule has 52 heavy (non-hydrogen) atoms. The van der Waals surface area contributed by atoms with Crippen LogP contribution in [0.25, 0.3) is 0 Å². The average Bonchev–Trinajstić information content (AvgIpc) is 3.13. The second-order valence-electron chi connectivity index (χ2n) is 11.3. The molecule has 0 unspecified atom stereocenters. The topological polar surface area (TPSA) is 197 Å². The summed E-state index contributed by atoms with van der Waals surface area (Å²) in [6.45, 7) is 4.81. The van der Waals surface area contributed by atoms with Crippen LogP contribution in [0.3, 0.4) is 0 Å². The number of aryl methyl sites for hydroxylation is 2.